The molecule has 0 spiro atoms. The van der Waals surface area contributed by atoms with Crippen molar-refractivity contribution < 1.29 is 18.4 Å². The summed E-state index contributed by atoms with van der Waals surface area (Å²) in [6.07, 6.45) is 2.27. The zero-order chi connectivity index (χ0) is 17.0. The lowest BCUT2D eigenvalue weighted by Crippen LogP contribution is -2.39. The van der Waals surface area contributed by atoms with Crippen molar-refractivity contribution in [3.05, 3.63) is 34.4 Å². The quantitative estimate of drug-likeness (QED) is 0.515. The van der Waals surface area contributed by atoms with Crippen molar-refractivity contribution in [2.75, 3.05) is 6.54 Å². The Bertz CT molecular complexity index is 656. The molecule has 0 aliphatic heterocycles. The van der Waals surface area contributed by atoms with Crippen LogP contribution in [0.15, 0.2) is 29.2 Å². The molecule has 23 heavy (non-hydrogen) atoms. The molecule has 128 valence electrons. The van der Waals surface area contributed by atoms with Crippen LogP contribution in [0, 0.1) is 16.0 Å². The summed E-state index contributed by atoms with van der Waals surface area (Å²) in [5.41, 5.74) is 5.32. The number of aliphatic hydroxyl groups is 1. The molecular weight excluding hydrogens is 322 g/mol. The molecule has 1 fully saturated rings. The molecule has 1 aliphatic carbocycles. The van der Waals surface area contributed by atoms with Crippen LogP contribution >= 0.6 is 0 Å². The molecule has 1 atom stereocenters. The van der Waals surface area contributed by atoms with Crippen LogP contribution < -0.4 is 10.5 Å². The average Bonchev–Trinajstić information content (AvgIpc) is 2.53. The van der Waals surface area contributed by atoms with E-state index >= 15 is 0 Å². The molecule has 1 aliphatic rings. The predicted molar refractivity (Wildman–Crippen MR) is 84.2 cm³/mol. The Hall–Kier alpha value is -1.55. The molecule has 1 unspecified atom stereocenters. The van der Waals surface area contributed by atoms with E-state index < -0.39 is 31.6 Å². The summed E-state index contributed by atoms with van der Waals surface area (Å²) in [6.45, 7) is -0.172. The first-order valence-corrected chi connectivity index (χ1v) is 8.96. The highest BCUT2D eigenvalue weighted by Gasteiger charge is 2.29. The van der Waals surface area contributed by atoms with Gasteiger partial charge in [-0.25, -0.2) is 13.1 Å². The lowest BCUT2D eigenvalue weighted by molar-refractivity contribution is -0.387. The normalized spacial score (nSPS) is 23.4. The first kappa shape index (κ1) is 17.8. The molecule has 0 bridgehead atoms. The standard InChI is InChI=1S/C14H21N3O5S/c15-11-7-5-10(6-8-11)13(18)9-16-23(21,22)14-4-2-1-3-12(14)17(19)20/h1-4,10-11,13,16,18H,5-9,15H2. The second-order valence-electron chi connectivity index (χ2n) is 5.82. The monoisotopic (exact) mass is 343 g/mol. The summed E-state index contributed by atoms with van der Waals surface area (Å²) >= 11 is 0. The molecule has 1 aromatic carbocycles. The number of nitrogens with one attached hydrogen (secondary N) is 1. The molecule has 9 heteroatoms. The van der Waals surface area contributed by atoms with Gasteiger partial charge in [0.15, 0.2) is 4.90 Å². The van der Waals surface area contributed by atoms with Gasteiger partial charge in [0.2, 0.25) is 10.0 Å². The Morgan fingerprint density at radius 2 is 1.91 bits per heavy atom. The summed E-state index contributed by atoms with van der Waals surface area (Å²) in [5.74, 6) is -0.0109. The summed E-state index contributed by atoms with van der Waals surface area (Å²) in [7, 11) is -4.06. The molecule has 8 nitrogen and oxygen atoms in total. The van der Waals surface area contributed by atoms with E-state index in [1.165, 1.54) is 18.2 Å². The smallest absolute Gasteiger partial charge is 0.289 e. The number of rotatable bonds is 6. The van der Waals surface area contributed by atoms with Crippen molar-refractivity contribution in [3.8, 4) is 0 Å². The number of sulfonamides is 1. The highest BCUT2D eigenvalue weighted by molar-refractivity contribution is 7.89. The minimum Gasteiger partial charge on any atom is -0.391 e. The Balaban J connectivity index is 2.03. The molecule has 0 aromatic heterocycles. The van der Waals surface area contributed by atoms with Crippen LogP contribution in [0.25, 0.3) is 0 Å². The van der Waals surface area contributed by atoms with Crippen LogP contribution in [-0.2, 0) is 10.0 Å². The number of nitro groups is 1. The van der Waals surface area contributed by atoms with E-state index in [0.717, 1.165) is 31.7 Å². The SMILES string of the molecule is NC1CCC(C(O)CNS(=O)(=O)c2ccccc2[N+](=O)[O-])CC1. The maximum Gasteiger partial charge on any atom is 0.289 e. The number of nitro benzene ring substituents is 1. The Morgan fingerprint density at radius 1 is 1.30 bits per heavy atom. The largest absolute Gasteiger partial charge is 0.391 e. The summed E-state index contributed by atoms with van der Waals surface area (Å²) in [6, 6.07) is 5.26. The lowest BCUT2D eigenvalue weighted by atomic mass is 9.83. The fourth-order valence-electron chi connectivity index (χ4n) is 2.80. The van der Waals surface area contributed by atoms with Gasteiger partial charge in [0.25, 0.3) is 5.69 Å². The van der Waals surface area contributed by atoms with E-state index in [2.05, 4.69) is 4.72 Å². The van der Waals surface area contributed by atoms with Gasteiger partial charge in [-0.2, -0.15) is 0 Å². The van der Waals surface area contributed by atoms with E-state index in [1.807, 2.05) is 0 Å². The third-order valence-corrected chi connectivity index (χ3v) is 5.67. The van der Waals surface area contributed by atoms with Gasteiger partial charge in [-0.1, -0.05) is 12.1 Å². The van der Waals surface area contributed by atoms with Crippen LogP contribution in [0.5, 0.6) is 0 Å². The molecule has 1 saturated carbocycles. The summed E-state index contributed by atoms with van der Waals surface area (Å²) < 4.78 is 26.8. The van der Waals surface area contributed by atoms with Crippen LogP contribution in [0.1, 0.15) is 25.7 Å². The fourth-order valence-corrected chi connectivity index (χ4v) is 4.03. The third-order valence-electron chi connectivity index (χ3n) is 4.19. The summed E-state index contributed by atoms with van der Waals surface area (Å²) in [4.78, 5) is 9.79. The van der Waals surface area contributed by atoms with Gasteiger partial charge in [0.1, 0.15) is 0 Å². The zero-order valence-corrected chi connectivity index (χ0v) is 13.4. The van der Waals surface area contributed by atoms with Crippen molar-refractivity contribution in [1.29, 1.82) is 0 Å². The van der Waals surface area contributed by atoms with Crippen LogP contribution in [0.3, 0.4) is 0 Å². The van der Waals surface area contributed by atoms with Crippen molar-refractivity contribution >= 4 is 15.7 Å². The lowest BCUT2D eigenvalue weighted by Gasteiger charge is -2.29. The van der Waals surface area contributed by atoms with E-state index in [-0.39, 0.29) is 18.5 Å². The van der Waals surface area contributed by atoms with Crippen molar-refractivity contribution in [2.24, 2.45) is 11.7 Å². The Morgan fingerprint density at radius 3 is 2.52 bits per heavy atom. The summed E-state index contributed by atoms with van der Waals surface area (Å²) in [5, 5.41) is 21.1. The number of hydrogen-bond donors (Lipinski definition) is 3. The van der Waals surface area contributed by atoms with Gasteiger partial charge >= 0.3 is 0 Å². The van der Waals surface area contributed by atoms with Crippen molar-refractivity contribution in [3.63, 3.8) is 0 Å². The van der Waals surface area contributed by atoms with Crippen molar-refractivity contribution in [2.45, 2.75) is 42.7 Å². The van der Waals surface area contributed by atoms with Gasteiger partial charge in [-0.05, 0) is 37.7 Å². The van der Waals surface area contributed by atoms with Gasteiger partial charge < -0.3 is 10.8 Å². The molecule has 0 heterocycles. The average molecular weight is 343 g/mol. The zero-order valence-electron chi connectivity index (χ0n) is 12.6. The minimum atomic E-state index is -4.06. The van der Waals surface area contributed by atoms with Crippen molar-refractivity contribution in [1.82, 2.24) is 4.72 Å². The van der Waals surface area contributed by atoms with Gasteiger partial charge in [-0.15, -0.1) is 0 Å². The van der Waals surface area contributed by atoms with E-state index in [1.54, 1.807) is 0 Å². The molecule has 0 saturated heterocycles. The van der Waals surface area contributed by atoms with E-state index in [0.29, 0.717) is 0 Å². The number of benzene rings is 1. The third kappa shape index (κ3) is 4.47. The first-order chi connectivity index (χ1) is 10.8. The van der Waals surface area contributed by atoms with Gasteiger partial charge in [0, 0.05) is 18.7 Å². The second-order valence-corrected chi connectivity index (χ2v) is 7.55. The molecule has 1 aromatic rings. The minimum absolute atomic E-state index is 0.0109. The number of para-hydroxylation sites is 1. The van der Waals surface area contributed by atoms with Crippen LogP contribution in [-0.4, -0.2) is 37.1 Å². The number of nitrogens with two attached hydrogens (primary N) is 1. The molecule has 0 amide bonds. The van der Waals surface area contributed by atoms with Gasteiger partial charge in [-0.3, -0.25) is 10.1 Å². The van der Waals surface area contributed by atoms with Crippen LogP contribution in [0.4, 0.5) is 5.69 Å². The molecule has 2 rings (SSSR count). The second kappa shape index (κ2) is 7.35. The molecule has 0 radical (unpaired) electrons. The van der Waals surface area contributed by atoms with Gasteiger partial charge in [0.05, 0.1) is 11.0 Å². The predicted octanol–water partition coefficient (Wildman–Crippen LogP) is 0.752. The highest BCUT2D eigenvalue weighted by atomic mass is 32.2. The molecule has 4 N–H and O–H groups in total. The number of aliphatic hydroxyl groups excluding tert-OH is 1. The topological polar surface area (TPSA) is 136 Å². The maximum atomic E-state index is 12.3. The Labute approximate surface area is 134 Å². The van der Waals surface area contributed by atoms with Crippen LogP contribution in [0.2, 0.25) is 0 Å². The number of nitrogens with zero attached hydrogens (tertiary/aromatic N) is 1. The fraction of sp³-hybridized carbons (Fsp3) is 0.571. The Kier molecular flexibility index (Phi) is 5.69. The number of hydrogen-bond acceptors (Lipinski definition) is 6. The maximum absolute atomic E-state index is 12.3. The first-order valence-electron chi connectivity index (χ1n) is 7.48. The van der Waals surface area contributed by atoms with E-state index in [4.69, 9.17) is 5.73 Å². The molecular formula is C14H21N3O5S. The van der Waals surface area contributed by atoms with E-state index in [9.17, 15) is 23.6 Å². The highest BCUT2D eigenvalue weighted by Crippen LogP contribution is 2.26.